The number of benzene rings is 1. The first-order chi connectivity index (χ1) is 9.72. The van der Waals surface area contributed by atoms with Gasteiger partial charge in [-0.25, -0.2) is 4.39 Å². The fourth-order valence-electron chi connectivity index (χ4n) is 2.50. The minimum Gasteiger partial charge on any atom is -0.489 e. The Balaban J connectivity index is 1.85. The van der Waals surface area contributed by atoms with Crippen molar-refractivity contribution in [2.45, 2.75) is 25.3 Å². The summed E-state index contributed by atoms with van der Waals surface area (Å²) in [5.41, 5.74) is 0. The monoisotopic (exact) mass is 281 g/mol. The second kappa shape index (κ2) is 7.24. The Kier molecular flexibility index (Phi) is 5.35. The number of rotatable bonds is 5. The number of nitrogens with zero attached hydrogens (tertiary/aromatic N) is 1. The molecule has 0 radical (unpaired) electrons. The van der Waals surface area contributed by atoms with Crippen LogP contribution in [0.5, 0.6) is 5.75 Å². The van der Waals surface area contributed by atoms with E-state index in [1.165, 1.54) is 13.2 Å². The maximum atomic E-state index is 13.4. The molecule has 1 heterocycles. The molecule has 1 aliphatic heterocycles. The summed E-state index contributed by atoms with van der Waals surface area (Å²) in [6.45, 7) is 1.79. The van der Waals surface area contributed by atoms with Crippen LogP contribution in [0.15, 0.2) is 24.3 Å². The molecule has 0 spiro atoms. The number of ether oxygens (including phenoxy) is 2. The van der Waals surface area contributed by atoms with Crippen molar-refractivity contribution in [3.63, 3.8) is 0 Å². The van der Waals surface area contributed by atoms with Crippen LogP contribution < -0.4 is 4.74 Å². The highest BCUT2D eigenvalue weighted by molar-refractivity contribution is 5.75. The minimum absolute atomic E-state index is 0.196. The van der Waals surface area contributed by atoms with Gasteiger partial charge < -0.3 is 9.47 Å². The molecule has 4 nitrogen and oxygen atoms in total. The molecule has 5 heteroatoms. The van der Waals surface area contributed by atoms with Gasteiger partial charge in [0.2, 0.25) is 0 Å². The molecular weight excluding hydrogens is 261 g/mol. The summed E-state index contributed by atoms with van der Waals surface area (Å²) in [5, 5.41) is 0. The van der Waals surface area contributed by atoms with Crippen LogP contribution in [-0.4, -0.2) is 43.7 Å². The molecule has 0 aromatic heterocycles. The molecule has 0 amide bonds. The van der Waals surface area contributed by atoms with Crippen LogP contribution in [0.25, 0.3) is 0 Å². The van der Waals surface area contributed by atoms with E-state index in [2.05, 4.69) is 4.90 Å². The van der Waals surface area contributed by atoms with Crippen molar-refractivity contribution < 1.29 is 18.7 Å². The van der Waals surface area contributed by atoms with Crippen LogP contribution in [0.3, 0.4) is 0 Å². The highest BCUT2D eigenvalue weighted by Crippen LogP contribution is 2.19. The lowest BCUT2D eigenvalue weighted by Gasteiger charge is -2.33. The van der Waals surface area contributed by atoms with Crippen molar-refractivity contribution in [2.75, 3.05) is 26.8 Å². The van der Waals surface area contributed by atoms with Gasteiger partial charge in [0.05, 0.1) is 7.11 Å². The lowest BCUT2D eigenvalue weighted by Crippen LogP contribution is -2.46. The highest BCUT2D eigenvalue weighted by atomic mass is 19.1. The number of carbonyl (C=O) groups excluding carboxylic acids is 1. The van der Waals surface area contributed by atoms with Gasteiger partial charge >= 0.3 is 5.97 Å². The third-order valence-corrected chi connectivity index (χ3v) is 3.56. The Morgan fingerprint density at radius 2 is 2.20 bits per heavy atom. The summed E-state index contributed by atoms with van der Waals surface area (Å²) in [6, 6.07) is 6.13. The Morgan fingerprint density at radius 3 is 2.95 bits per heavy atom. The van der Waals surface area contributed by atoms with Gasteiger partial charge in [0.25, 0.3) is 0 Å². The largest absolute Gasteiger partial charge is 0.489 e. The molecule has 1 aromatic carbocycles. The minimum atomic E-state index is -0.365. The molecule has 1 saturated heterocycles. The van der Waals surface area contributed by atoms with Crippen LogP contribution in [0.4, 0.5) is 4.39 Å². The molecule has 1 fully saturated rings. The maximum absolute atomic E-state index is 13.4. The zero-order valence-corrected chi connectivity index (χ0v) is 11.7. The van der Waals surface area contributed by atoms with E-state index in [1.54, 1.807) is 18.2 Å². The quantitative estimate of drug-likeness (QED) is 0.776. The maximum Gasteiger partial charge on any atom is 0.323 e. The normalized spacial score (nSPS) is 19.6. The highest BCUT2D eigenvalue weighted by Gasteiger charge is 2.29. The predicted octanol–water partition coefficient (Wildman–Crippen LogP) is 2.23. The van der Waals surface area contributed by atoms with Gasteiger partial charge in [-0.05, 0) is 31.5 Å². The van der Waals surface area contributed by atoms with Crippen molar-refractivity contribution in [1.82, 2.24) is 4.90 Å². The van der Waals surface area contributed by atoms with E-state index in [1.807, 2.05) is 0 Å². The fraction of sp³-hybridized carbons (Fsp3) is 0.533. The van der Waals surface area contributed by atoms with E-state index in [0.717, 1.165) is 25.8 Å². The molecule has 20 heavy (non-hydrogen) atoms. The van der Waals surface area contributed by atoms with Crippen LogP contribution in [-0.2, 0) is 9.53 Å². The van der Waals surface area contributed by atoms with Gasteiger partial charge in [-0.15, -0.1) is 0 Å². The topological polar surface area (TPSA) is 38.8 Å². The van der Waals surface area contributed by atoms with E-state index < -0.39 is 0 Å². The number of hydrogen-bond donors (Lipinski definition) is 0. The number of esters is 1. The standard InChI is InChI=1S/C15H20FNO3/c1-19-15(18)13-7-4-5-9-17(13)10-11-20-14-8-3-2-6-12(14)16/h2-3,6,8,13H,4-5,7,9-11H2,1H3/t13-/m1/s1. The van der Waals surface area contributed by atoms with Crippen LogP contribution in [0, 0.1) is 5.82 Å². The number of para-hydroxylation sites is 1. The van der Waals surface area contributed by atoms with Gasteiger partial charge in [-0.2, -0.15) is 0 Å². The zero-order chi connectivity index (χ0) is 14.4. The van der Waals surface area contributed by atoms with Crippen LogP contribution >= 0.6 is 0 Å². The third kappa shape index (κ3) is 3.70. The molecule has 2 rings (SSSR count). The number of hydrogen-bond acceptors (Lipinski definition) is 4. The average molecular weight is 281 g/mol. The second-order valence-electron chi connectivity index (χ2n) is 4.85. The summed E-state index contributed by atoms with van der Waals surface area (Å²) in [7, 11) is 1.41. The van der Waals surface area contributed by atoms with E-state index in [9.17, 15) is 9.18 Å². The van der Waals surface area contributed by atoms with Crippen molar-refractivity contribution in [3.8, 4) is 5.75 Å². The first-order valence-electron chi connectivity index (χ1n) is 6.91. The number of halogens is 1. The third-order valence-electron chi connectivity index (χ3n) is 3.56. The number of likely N-dealkylation sites (tertiary alicyclic amines) is 1. The molecular formula is C15H20FNO3. The van der Waals surface area contributed by atoms with E-state index in [-0.39, 0.29) is 23.6 Å². The summed E-state index contributed by atoms with van der Waals surface area (Å²) in [6.07, 6.45) is 2.91. The summed E-state index contributed by atoms with van der Waals surface area (Å²) in [4.78, 5) is 13.8. The van der Waals surface area contributed by atoms with Crippen molar-refractivity contribution in [1.29, 1.82) is 0 Å². The Hall–Kier alpha value is -1.62. The van der Waals surface area contributed by atoms with Gasteiger partial charge in [0.1, 0.15) is 12.6 Å². The second-order valence-corrected chi connectivity index (χ2v) is 4.85. The number of carbonyl (C=O) groups is 1. The van der Waals surface area contributed by atoms with E-state index >= 15 is 0 Å². The number of methoxy groups -OCH3 is 1. The van der Waals surface area contributed by atoms with E-state index in [0.29, 0.717) is 13.2 Å². The van der Waals surface area contributed by atoms with Crippen molar-refractivity contribution >= 4 is 5.97 Å². The molecule has 0 unspecified atom stereocenters. The fourth-order valence-corrected chi connectivity index (χ4v) is 2.50. The molecule has 0 N–H and O–H groups in total. The van der Waals surface area contributed by atoms with Crippen LogP contribution in [0.1, 0.15) is 19.3 Å². The van der Waals surface area contributed by atoms with Gasteiger partial charge in [-0.1, -0.05) is 18.6 Å². The molecule has 1 aromatic rings. The number of piperidine rings is 1. The van der Waals surface area contributed by atoms with Gasteiger partial charge in [0, 0.05) is 6.54 Å². The smallest absolute Gasteiger partial charge is 0.323 e. The molecule has 0 bridgehead atoms. The summed E-state index contributed by atoms with van der Waals surface area (Å²) >= 11 is 0. The Labute approximate surface area is 118 Å². The first kappa shape index (κ1) is 14.8. The lowest BCUT2D eigenvalue weighted by atomic mass is 10.0. The average Bonchev–Trinajstić information content (AvgIpc) is 2.49. The van der Waals surface area contributed by atoms with E-state index in [4.69, 9.17) is 9.47 Å². The molecule has 0 saturated carbocycles. The first-order valence-corrected chi connectivity index (χ1v) is 6.91. The lowest BCUT2D eigenvalue weighted by molar-refractivity contribution is -0.148. The van der Waals surface area contributed by atoms with Crippen molar-refractivity contribution in [2.24, 2.45) is 0 Å². The van der Waals surface area contributed by atoms with Gasteiger partial charge in [0.15, 0.2) is 11.6 Å². The summed E-state index contributed by atoms with van der Waals surface area (Å²) in [5.74, 6) is -0.314. The Bertz CT molecular complexity index is 452. The van der Waals surface area contributed by atoms with Crippen molar-refractivity contribution in [3.05, 3.63) is 30.1 Å². The van der Waals surface area contributed by atoms with Gasteiger partial charge in [-0.3, -0.25) is 9.69 Å². The van der Waals surface area contributed by atoms with Crippen LogP contribution in [0.2, 0.25) is 0 Å². The molecule has 110 valence electrons. The molecule has 0 aliphatic carbocycles. The predicted molar refractivity (Wildman–Crippen MR) is 73.1 cm³/mol. The summed E-state index contributed by atoms with van der Waals surface area (Å²) < 4.78 is 23.7. The zero-order valence-electron chi connectivity index (χ0n) is 11.7. The SMILES string of the molecule is COC(=O)[C@H]1CCCCN1CCOc1ccccc1F. The molecule has 1 atom stereocenters. The Morgan fingerprint density at radius 1 is 1.40 bits per heavy atom. The molecule has 1 aliphatic rings.